The molecule has 0 bridgehead atoms. The fourth-order valence-electron chi connectivity index (χ4n) is 4.22. The van der Waals surface area contributed by atoms with Crippen molar-refractivity contribution in [1.29, 1.82) is 0 Å². The minimum Gasteiger partial charge on any atom is -0.374 e. The van der Waals surface area contributed by atoms with Crippen LogP contribution in [0.2, 0.25) is 0 Å². The first-order valence-corrected chi connectivity index (χ1v) is 10.5. The molecule has 174 valence electrons. The lowest BCUT2D eigenvalue weighted by Crippen LogP contribution is -2.52. The van der Waals surface area contributed by atoms with Crippen molar-refractivity contribution in [2.24, 2.45) is 0 Å². The van der Waals surface area contributed by atoms with Crippen molar-refractivity contribution < 1.29 is 36.9 Å². The molecule has 0 saturated carbocycles. The smallest absolute Gasteiger partial charge is 0.374 e. The molecule has 2 aliphatic heterocycles. The molecule has 0 aliphatic carbocycles. The van der Waals surface area contributed by atoms with E-state index in [1.54, 1.807) is 13.8 Å². The van der Waals surface area contributed by atoms with Gasteiger partial charge in [-0.1, -0.05) is 60.7 Å². The summed E-state index contributed by atoms with van der Waals surface area (Å²) in [4.78, 5) is 0. The van der Waals surface area contributed by atoms with Gasteiger partial charge in [0.2, 0.25) is 0 Å². The molecule has 0 N–H and O–H groups in total. The van der Waals surface area contributed by atoms with Gasteiger partial charge in [0.15, 0.2) is 12.1 Å². The SMILES string of the molecule is CC1(C)OC2O[C@@](COCc3ccccc3)(CC(F)(F)F)[C@@H](OCc3ccccc3)C2O1. The number of benzene rings is 2. The second-order valence-corrected chi connectivity index (χ2v) is 8.64. The van der Waals surface area contributed by atoms with Gasteiger partial charge in [-0.3, -0.25) is 0 Å². The molecule has 2 fully saturated rings. The molecule has 0 aromatic heterocycles. The average molecular weight is 452 g/mol. The minimum atomic E-state index is -4.50. The van der Waals surface area contributed by atoms with Gasteiger partial charge in [0, 0.05) is 0 Å². The molecule has 2 aliphatic rings. The molecule has 8 heteroatoms. The Balaban J connectivity index is 1.57. The molecule has 2 aromatic carbocycles. The maximum Gasteiger partial charge on any atom is 0.392 e. The zero-order valence-corrected chi connectivity index (χ0v) is 18.0. The Morgan fingerprint density at radius 3 is 2.03 bits per heavy atom. The maximum atomic E-state index is 13.7. The lowest BCUT2D eigenvalue weighted by atomic mass is 9.91. The molecule has 4 rings (SSSR count). The number of alkyl halides is 3. The van der Waals surface area contributed by atoms with E-state index < -0.39 is 42.5 Å². The zero-order valence-electron chi connectivity index (χ0n) is 18.0. The van der Waals surface area contributed by atoms with Gasteiger partial charge in [-0.05, 0) is 25.0 Å². The summed E-state index contributed by atoms with van der Waals surface area (Å²) in [6, 6.07) is 18.5. The van der Waals surface area contributed by atoms with Crippen molar-refractivity contribution in [2.45, 2.75) is 69.5 Å². The molecule has 0 radical (unpaired) electrons. The number of hydrogen-bond acceptors (Lipinski definition) is 5. The maximum absolute atomic E-state index is 13.7. The highest BCUT2D eigenvalue weighted by molar-refractivity contribution is 5.15. The topological polar surface area (TPSA) is 46.2 Å². The van der Waals surface area contributed by atoms with Crippen molar-refractivity contribution in [3.05, 3.63) is 71.8 Å². The molecule has 5 nitrogen and oxygen atoms in total. The van der Waals surface area contributed by atoms with Crippen molar-refractivity contribution >= 4 is 0 Å². The van der Waals surface area contributed by atoms with E-state index in [1.807, 2.05) is 60.7 Å². The summed E-state index contributed by atoms with van der Waals surface area (Å²) in [6.07, 6.45) is -8.57. The quantitative estimate of drug-likeness (QED) is 0.565. The Morgan fingerprint density at radius 2 is 1.44 bits per heavy atom. The van der Waals surface area contributed by atoms with Crippen LogP contribution in [0.15, 0.2) is 60.7 Å². The van der Waals surface area contributed by atoms with E-state index in [0.717, 1.165) is 11.1 Å². The molecule has 0 amide bonds. The van der Waals surface area contributed by atoms with E-state index in [9.17, 15) is 13.2 Å². The van der Waals surface area contributed by atoms with E-state index in [-0.39, 0.29) is 19.8 Å². The van der Waals surface area contributed by atoms with Crippen LogP contribution in [0.25, 0.3) is 0 Å². The Bertz CT molecular complexity index is 874. The lowest BCUT2D eigenvalue weighted by Gasteiger charge is -2.37. The van der Waals surface area contributed by atoms with Crippen LogP contribution in [0.3, 0.4) is 0 Å². The molecule has 2 unspecified atom stereocenters. The Morgan fingerprint density at radius 1 is 0.844 bits per heavy atom. The number of fused-ring (bicyclic) bond motifs is 1. The monoisotopic (exact) mass is 452 g/mol. The summed E-state index contributed by atoms with van der Waals surface area (Å²) in [5.74, 6) is -0.987. The van der Waals surface area contributed by atoms with Gasteiger partial charge in [-0.25, -0.2) is 0 Å². The number of rotatable bonds is 8. The highest BCUT2D eigenvalue weighted by atomic mass is 19.4. The van der Waals surface area contributed by atoms with Gasteiger partial charge >= 0.3 is 6.18 Å². The summed E-state index contributed by atoms with van der Waals surface area (Å²) in [6.45, 7) is 3.33. The van der Waals surface area contributed by atoms with E-state index in [4.69, 9.17) is 23.7 Å². The summed E-state index contributed by atoms with van der Waals surface area (Å²) < 4.78 is 70.4. The summed E-state index contributed by atoms with van der Waals surface area (Å²) >= 11 is 0. The Kier molecular flexibility index (Phi) is 6.61. The van der Waals surface area contributed by atoms with Crippen molar-refractivity contribution in [2.75, 3.05) is 6.61 Å². The Hall–Kier alpha value is -1.97. The van der Waals surface area contributed by atoms with Gasteiger partial charge in [0.25, 0.3) is 0 Å². The highest BCUT2D eigenvalue weighted by Gasteiger charge is 2.65. The number of halogens is 3. The molecular weight excluding hydrogens is 425 g/mol. The normalized spacial score (nSPS) is 29.2. The number of hydrogen-bond donors (Lipinski definition) is 0. The first-order chi connectivity index (χ1) is 15.2. The fourth-order valence-corrected chi connectivity index (χ4v) is 4.22. The predicted octanol–water partition coefficient (Wildman–Crippen LogP) is 4.99. The van der Waals surface area contributed by atoms with Crippen LogP contribution in [0.1, 0.15) is 31.4 Å². The standard InChI is InChI=1S/C24H27F3O5/c1-22(2)30-19-20(29-14-18-11-7-4-8-12-18)23(15-24(25,26)27,32-21(19)31-22)16-28-13-17-9-5-3-6-10-17/h3-12,19-21H,13-16H2,1-2H3/t19?,20-,21?,23+/m0/s1. The van der Waals surface area contributed by atoms with Crippen LogP contribution in [-0.4, -0.2) is 42.7 Å². The van der Waals surface area contributed by atoms with Crippen LogP contribution < -0.4 is 0 Å². The molecular formula is C24H27F3O5. The summed E-state index contributed by atoms with van der Waals surface area (Å²) in [7, 11) is 0. The second-order valence-electron chi connectivity index (χ2n) is 8.64. The predicted molar refractivity (Wildman–Crippen MR) is 109 cm³/mol. The average Bonchev–Trinajstić information content (AvgIpc) is 3.15. The lowest BCUT2D eigenvalue weighted by molar-refractivity contribution is -0.278. The van der Waals surface area contributed by atoms with Crippen LogP contribution in [-0.2, 0) is 36.9 Å². The largest absolute Gasteiger partial charge is 0.392 e. The van der Waals surface area contributed by atoms with E-state index in [0.29, 0.717) is 0 Å². The Labute approximate surface area is 185 Å². The van der Waals surface area contributed by atoms with Gasteiger partial charge < -0.3 is 23.7 Å². The van der Waals surface area contributed by atoms with Crippen molar-refractivity contribution in [1.82, 2.24) is 0 Å². The van der Waals surface area contributed by atoms with E-state index >= 15 is 0 Å². The number of ether oxygens (including phenoxy) is 5. The summed E-state index contributed by atoms with van der Waals surface area (Å²) in [5.41, 5.74) is -0.114. The third-order valence-electron chi connectivity index (χ3n) is 5.49. The van der Waals surface area contributed by atoms with Crippen LogP contribution in [0.5, 0.6) is 0 Å². The molecule has 4 atom stereocenters. The van der Waals surface area contributed by atoms with Crippen LogP contribution in [0.4, 0.5) is 13.2 Å². The first-order valence-electron chi connectivity index (χ1n) is 10.5. The molecule has 2 aromatic rings. The third-order valence-corrected chi connectivity index (χ3v) is 5.49. The second kappa shape index (κ2) is 9.11. The van der Waals surface area contributed by atoms with Crippen LogP contribution >= 0.6 is 0 Å². The highest BCUT2D eigenvalue weighted by Crippen LogP contribution is 2.48. The zero-order chi connectivity index (χ0) is 22.8. The first kappa shape index (κ1) is 23.2. The molecule has 2 heterocycles. The van der Waals surface area contributed by atoms with Gasteiger partial charge in [-0.2, -0.15) is 13.2 Å². The van der Waals surface area contributed by atoms with Crippen molar-refractivity contribution in [3.8, 4) is 0 Å². The van der Waals surface area contributed by atoms with Crippen molar-refractivity contribution in [3.63, 3.8) is 0 Å². The summed E-state index contributed by atoms with van der Waals surface area (Å²) in [5, 5.41) is 0. The molecule has 32 heavy (non-hydrogen) atoms. The van der Waals surface area contributed by atoms with Gasteiger partial charge in [0.05, 0.1) is 26.2 Å². The van der Waals surface area contributed by atoms with Crippen LogP contribution in [0, 0.1) is 0 Å². The minimum absolute atomic E-state index is 0.111. The van der Waals surface area contributed by atoms with Gasteiger partial charge in [-0.15, -0.1) is 0 Å². The molecule has 0 spiro atoms. The van der Waals surface area contributed by atoms with Gasteiger partial charge in [0.1, 0.15) is 17.8 Å². The van der Waals surface area contributed by atoms with E-state index in [2.05, 4.69) is 0 Å². The van der Waals surface area contributed by atoms with E-state index in [1.165, 1.54) is 0 Å². The third kappa shape index (κ3) is 5.50. The molecule has 2 saturated heterocycles. The fraction of sp³-hybridized carbons (Fsp3) is 0.500.